The molecule has 0 bridgehead atoms. The minimum atomic E-state index is -2.73. The Balaban J connectivity index is 1.91. The van der Waals surface area contributed by atoms with E-state index in [1.807, 2.05) is 37.3 Å². The maximum Gasteiger partial charge on any atom is 0.0723 e. The van der Waals surface area contributed by atoms with Gasteiger partial charge in [0, 0.05) is 51.6 Å². The molecule has 0 aliphatic carbocycles. The van der Waals surface area contributed by atoms with Crippen LogP contribution >= 0.6 is 0 Å². The number of hydrogen-bond acceptors (Lipinski definition) is 3. The third-order valence-corrected chi connectivity index (χ3v) is 6.85. The van der Waals surface area contributed by atoms with Gasteiger partial charge >= 0.3 is 0 Å². The highest BCUT2D eigenvalue weighted by Crippen LogP contribution is 2.36. The molecule has 1 atom stereocenters. The minimum absolute atomic E-state index is 0.336. The van der Waals surface area contributed by atoms with Gasteiger partial charge in [0.05, 0.1) is 9.73 Å². The van der Waals surface area contributed by atoms with E-state index < -0.39 is 9.73 Å². The maximum atomic E-state index is 12.6. The summed E-state index contributed by atoms with van der Waals surface area (Å²) < 4.78 is 20.8. The van der Waals surface area contributed by atoms with Crippen molar-refractivity contribution in [3.63, 3.8) is 0 Å². The molecule has 2 aromatic carbocycles. The predicted octanol–water partition coefficient (Wildman–Crippen LogP) is 4.86. The van der Waals surface area contributed by atoms with Crippen LogP contribution in [0, 0.1) is 4.78 Å². The van der Waals surface area contributed by atoms with E-state index in [-0.39, 0.29) is 0 Å². The second kappa shape index (κ2) is 6.23. The lowest BCUT2D eigenvalue weighted by Gasteiger charge is -2.22. The van der Waals surface area contributed by atoms with Gasteiger partial charge in [-0.3, -0.25) is 0 Å². The summed E-state index contributed by atoms with van der Waals surface area (Å²) in [5.74, 6) is 0.336. The Bertz CT molecular complexity index is 981. The third-order valence-electron chi connectivity index (χ3n) is 5.02. The van der Waals surface area contributed by atoms with Gasteiger partial charge in [-0.1, -0.05) is 25.1 Å². The van der Waals surface area contributed by atoms with Crippen LogP contribution in [0.1, 0.15) is 19.8 Å². The number of hydrogen-bond donors (Lipinski definition) is 2. The van der Waals surface area contributed by atoms with Gasteiger partial charge in [0.1, 0.15) is 0 Å². The Morgan fingerprint density at radius 1 is 1.12 bits per heavy atom. The van der Waals surface area contributed by atoms with E-state index in [4.69, 9.17) is 4.78 Å². The molecule has 1 saturated heterocycles. The normalized spacial score (nSPS) is 17.1. The first-order chi connectivity index (χ1) is 12.1. The van der Waals surface area contributed by atoms with Gasteiger partial charge in [0.2, 0.25) is 0 Å². The predicted molar refractivity (Wildman–Crippen MR) is 105 cm³/mol. The van der Waals surface area contributed by atoms with E-state index in [0.717, 1.165) is 35.2 Å². The molecule has 25 heavy (non-hydrogen) atoms. The molecule has 1 aliphatic rings. The number of benzene rings is 2. The Kier molecular flexibility index (Phi) is 4.04. The number of H-pyrrole nitrogens is 1. The lowest BCUT2D eigenvalue weighted by atomic mass is 10.1. The highest BCUT2D eigenvalue weighted by Gasteiger charge is 2.20. The second-order valence-corrected chi connectivity index (χ2v) is 9.01. The van der Waals surface area contributed by atoms with Crippen molar-refractivity contribution >= 4 is 26.3 Å². The maximum absolute atomic E-state index is 12.6. The van der Waals surface area contributed by atoms with E-state index in [1.54, 1.807) is 0 Å². The molecule has 0 saturated carbocycles. The molecule has 1 aromatic heterocycles. The fraction of sp³-hybridized carbons (Fsp3) is 0.300. The molecule has 1 unspecified atom stereocenters. The number of nitrogens with one attached hydrogen (secondary N) is 2. The average Bonchev–Trinajstić information content (AvgIpc) is 3.30. The van der Waals surface area contributed by atoms with Gasteiger partial charge in [-0.2, -0.15) is 0 Å². The van der Waals surface area contributed by atoms with Crippen molar-refractivity contribution in [1.29, 1.82) is 4.78 Å². The van der Waals surface area contributed by atoms with Crippen LogP contribution in [-0.2, 0) is 9.73 Å². The van der Waals surface area contributed by atoms with Crippen LogP contribution in [0.4, 0.5) is 5.69 Å². The summed E-state index contributed by atoms with van der Waals surface area (Å²) in [5, 5.41) is 1.16. The molecule has 4 rings (SSSR count). The highest BCUT2D eigenvalue weighted by atomic mass is 32.2. The van der Waals surface area contributed by atoms with E-state index in [2.05, 4.69) is 28.1 Å². The molecule has 2 N–H and O–H groups in total. The van der Waals surface area contributed by atoms with Crippen molar-refractivity contribution in [2.24, 2.45) is 0 Å². The topological polar surface area (TPSA) is 60.0 Å². The van der Waals surface area contributed by atoms with Gasteiger partial charge in [-0.25, -0.2) is 8.99 Å². The first kappa shape index (κ1) is 16.2. The van der Waals surface area contributed by atoms with Crippen molar-refractivity contribution in [3.8, 4) is 11.3 Å². The van der Waals surface area contributed by atoms with Crippen LogP contribution in [0.5, 0.6) is 0 Å². The minimum Gasteiger partial charge on any atom is -0.371 e. The monoisotopic (exact) mass is 353 g/mol. The van der Waals surface area contributed by atoms with Gasteiger partial charge in [-0.15, -0.1) is 0 Å². The first-order valence-electron chi connectivity index (χ1n) is 8.82. The molecule has 130 valence electrons. The van der Waals surface area contributed by atoms with Crippen LogP contribution < -0.4 is 4.90 Å². The molecule has 4 nitrogen and oxygen atoms in total. The smallest absolute Gasteiger partial charge is 0.0723 e. The summed E-state index contributed by atoms with van der Waals surface area (Å²) in [5.41, 5.74) is 4.33. The molecule has 0 spiro atoms. The number of para-hydroxylation sites is 1. The molecule has 1 fully saturated rings. The lowest BCUT2D eigenvalue weighted by Crippen LogP contribution is -2.18. The zero-order valence-electron chi connectivity index (χ0n) is 14.4. The molecule has 5 heteroatoms. The zero-order chi connectivity index (χ0) is 17.4. The number of aromatic amines is 1. The van der Waals surface area contributed by atoms with E-state index in [0.29, 0.717) is 10.6 Å². The van der Waals surface area contributed by atoms with E-state index in [1.165, 1.54) is 18.5 Å². The van der Waals surface area contributed by atoms with E-state index >= 15 is 0 Å². The van der Waals surface area contributed by atoms with Gasteiger partial charge < -0.3 is 9.88 Å². The summed E-state index contributed by atoms with van der Waals surface area (Å²) in [7, 11) is -2.73. The summed E-state index contributed by atoms with van der Waals surface area (Å²) in [4.78, 5) is 6.50. The Morgan fingerprint density at radius 2 is 1.88 bits per heavy atom. The first-order valence-corrected chi connectivity index (χ1v) is 10.5. The lowest BCUT2D eigenvalue weighted by molar-refractivity contribution is 0.675. The van der Waals surface area contributed by atoms with Crippen molar-refractivity contribution in [2.45, 2.75) is 24.7 Å². The fourth-order valence-electron chi connectivity index (χ4n) is 3.55. The number of aromatic nitrogens is 1. The van der Waals surface area contributed by atoms with Crippen molar-refractivity contribution in [2.75, 3.05) is 23.7 Å². The van der Waals surface area contributed by atoms with Crippen molar-refractivity contribution in [1.82, 2.24) is 4.98 Å². The largest absolute Gasteiger partial charge is 0.371 e. The molecule has 1 aliphatic heterocycles. The molecule has 0 radical (unpaired) electrons. The van der Waals surface area contributed by atoms with Gasteiger partial charge in [-0.05, 0) is 43.2 Å². The van der Waals surface area contributed by atoms with Crippen LogP contribution in [0.25, 0.3) is 22.2 Å². The molecular formula is C20H23N3OS. The highest BCUT2D eigenvalue weighted by molar-refractivity contribution is 7.92. The van der Waals surface area contributed by atoms with Crippen LogP contribution in [-0.4, -0.2) is 28.0 Å². The fourth-order valence-corrected chi connectivity index (χ4v) is 4.48. The Labute approximate surface area is 148 Å². The average molecular weight is 353 g/mol. The van der Waals surface area contributed by atoms with E-state index in [9.17, 15) is 4.21 Å². The molecular weight excluding hydrogens is 330 g/mol. The molecule has 0 amide bonds. The SMILES string of the molecule is CCS(=N)(=O)c1ccc(N2CCCC2)c(-c2cc3ccccc3[nH]2)c1. The summed E-state index contributed by atoms with van der Waals surface area (Å²) in [6.45, 7) is 3.92. The second-order valence-electron chi connectivity index (χ2n) is 6.61. The third kappa shape index (κ3) is 2.93. The molecule has 3 aromatic rings. The van der Waals surface area contributed by atoms with Gasteiger partial charge in [0.25, 0.3) is 0 Å². The van der Waals surface area contributed by atoms with Crippen molar-refractivity contribution in [3.05, 3.63) is 48.5 Å². The Morgan fingerprint density at radius 3 is 2.60 bits per heavy atom. The number of anilines is 1. The number of nitrogens with zero attached hydrogens (tertiary/aromatic N) is 1. The van der Waals surface area contributed by atoms with Crippen molar-refractivity contribution < 1.29 is 4.21 Å². The summed E-state index contributed by atoms with van der Waals surface area (Å²) in [6.07, 6.45) is 2.41. The van der Waals surface area contributed by atoms with Crippen LogP contribution in [0.2, 0.25) is 0 Å². The number of rotatable bonds is 4. The zero-order valence-corrected chi connectivity index (χ0v) is 15.2. The molecule has 2 heterocycles. The standard InChI is InChI=1S/C20H23N3OS/c1-2-25(21,24)16-9-10-20(23-11-5-6-12-23)17(14-16)19-13-15-7-3-4-8-18(15)22-19/h3-4,7-10,13-14,21-22H,2,5-6,11-12H2,1H3. The number of fused-ring (bicyclic) bond motifs is 1. The quantitative estimate of drug-likeness (QED) is 0.703. The van der Waals surface area contributed by atoms with Crippen LogP contribution in [0.15, 0.2) is 53.4 Å². The summed E-state index contributed by atoms with van der Waals surface area (Å²) in [6, 6.07) is 16.2. The van der Waals surface area contributed by atoms with Gasteiger partial charge in [0.15, 0.2) is 0 Å². The van der Waals surface area contributed by atoms with Crippen LogP contribution in [0.3, 0.4) is 0 Å². The Hall–Kier alpha value is -2.27. The summed E-state index contributed by atoms with van der Waals surface area (Å²) >= 11 is 0.